The lowest BCUT2D eigenvalue weighted by Gasteiger charge is -2.21. The van der Waals surface area contributed by atoms with Crippen LogP contribution in [-0.4, -0.2) is 42.1 Å². The predicted molar refractivity (Wildman–Crippen MR) is 60.1 cm³/mol. The van der Waals surface area contributed by atoms with Gasteiger partial charge in [-0.1, -0.05) is 0 Å². The summed E-state index contributed by atoms with van der Waals surface area (Å²) in [6.07, 6.45) is 1.10. The second kappa shape index (κ2) is 7.06. The quantitative estimate of drug-likeness (QED) is 0.652. The van der Waals surface area contributed by atoms with Crippen molar-refractivity contribution in [3.8, 4) is 0 Å². The SMILES string of the molecule is NCCCNCC1CSCCS1. The molecule has 0 saturated carbocycles. The van der Waals surface area contributed by atoms with Crippen molar-refractivity contribution in [2.24, 2.45) is 5.73 Å². The van der Waals surface area contributed by atoms with Crippen molar-refractivity contribution in [3.63, 3.8) is 0 Å². The molecule has 1 fully saturated rings. The molecule has 2 nitrogen and oxygen atoms in total. The molecular formula is C8H18N2S2. The number of hydrogen-bond donors (Lipinski definition) is 2. The van der Waals surface area contributed by atoms with Gasteiger partial charge in [0.05, 0.1) is 0 Å². The zero-order valence-electron chi connectivity index (χ0n) is 7.42. The Morgan fingerprint density at radius 1 is 1.42 bits per heavy atom. The molecule has 1 aliphatic rings. The van der Waals surface area contributed by atoms with Crippen LogP contribution in [0.15, 0.2) is 0 Å². The van der Waals surface area contributed by atoms with E-state index in [4.69, 9.17) is 5.73 Å². The maximum atomic E-state index is 5.40. The number of hydrogen-bond acceptors (Lipinski definition) is 4. The van der Waals surface area contributed by atoms with Gasteiger partial charge < -0.3 is 11.1 Å². The summed E-state index contributed by atoms with van der Waals surface area (Å²) in [5.41, 5.74) is 5.40. The van der Waals surface area contributed by atoms with Crippen molar-refractivity contribution in [1.29, 1.82) is 0 Å². The fraction of sp³-hybridized carbons (Fsp3) is 1.00. The third-order valence-electron chi connectivity index (χ3n) is 1.81. The lowest BCUT2D eigenvalue weighted by molar-refractivity contribution is 0.653. The molecule has 0 spiro atoms. The van der Waals surface area contributed by atoms with Gasteiger partial charge in [0.2, 0.25) is 0 Å². The van der Waals surface area contributed by atoms with Gasteiger partial charge in [-0.15, -0.1) is 0 Å². The van der Waals surface area contributed by atoms with Crippen LogP contribution in [0.3, 0.4) is 0 Å². The number of nitrogens with two attached hydrogens (primary N) is 1. The molecule has 0 amide bonds. The molecule has 1 atom stereocenters. The summed E-state index contributed by atoms with van der Waals surface area (Å²) in [4.78, 5) is 0. The Morgan fingerprint density at radius 2 is 2.33 bits per heavy atom. The van der Waals surface area contributed by atoms with Crippen LogP contribution in [-0.2, 0) is 0 Å². The maximum absolute atomic E-state index is 5.40. The molecule has 12 heavy (non-hydrogen) atoms. The molecule has 3 N–H and O–H groups in total. The summed E-state index contributed by atoms with van der Waals surface area (Å²) in [6.45, 7) is 3.05. The largest absolute Gasteiger partial charge is 0.330 e. The van der Waals surface area contributed by atoms with Gasteiger partial charge in [0.1, 0.15) is 0 Å². The smallest absolute Gasteiger partial charge is 0.0263 e. The molecule has 1 aliphatic heterocycles. The highest BCUT2D eigenvalue weighted by atomic mass is 32.2. The van der Waals surface area contributed by atoms with Gasteiger partial charge in [-0.2, -0.15) is 23.5 Å². The van der Waals surface area contributed by atoms with E-state index >= 15 is 0 Å². The van der Waals surface area contributed by atoms with E-state index in [-0.39, 0.29) is 0 Å². The fourth-order valence-corrected chi connectivity index (χ4v) is 3.79. The summed E-state index contributed by atoms with van der Waals surface area (Å²) in [7, 11) is 0. The van der Waals surface area contributed by atoms with Gasteiger partial charge in [0, 0.05) is 29.1 Å². The normalized spacial score (nSPS) is 24.2. The van der Waals surface area contributed by atoms with Crippen molar-refractivity contribution >= 4 is 23.5 Å². The lowest BCUT2D eigenvalue weighted by atomic mass is 10.4. The highest BCUT2D eigenvalue weighted by Gasteiger charge is 2.12. The number of rotatable bonds is 5. The van der Waals surface area contributed by atoms with Crippen LogP contribution in [0.25, 0.3) is 0 Å². The minimum Gasteiger partial charge on any atom is -0.330 e. The van der Waals surface area contributed by atoms with Crippen LogP contribution in [0, 0.1) is 0 Å². The average Bonchev–Trinajstić information content (AvgIpc) is 2.14. The first-order valence-electron chi connectivity index (χ1n) is 4.53. The Kier molecular flexibility index (Phi) is 6.30. The summed E-state index contributed by atoms with van der Waals surface area (Å²) >= 11 is 4.19. The molecule has 0 aromatic heterocycles. The second-order valence-electron chi connectivity index (χ2n) is 2.91. The predicted octanol–water partition coefficient (Wildman–Crippen LogP) is 0.773. The molecule has 1 unspecified atom stereocenters. The van der Waals surface area contributed by atoms with Gasteiger partial charge in [-0.3, -0.25) is 0 Å². The van der Waals surface area contributed by atoms with Crippen molar-refractivity contribution in [1.82, 2.24) is 5.32 Å². The Bertz CT molecular complexity index is 105. The highest BCUT2D eigenvalue weighted by Crippen LogP contribution is 2.23. The zero-order chi connectivity index (χ0) is 8.65. The molecule has 0 bridgehead atoms. The fourth-order valence-electron chi connectivity index (χ4n) is 1.14. The van der Waals surface area contributed by atoms with E-state index in [2.05, 4.69) is 28.8 Å². The standard InChI is InChI=1S/C8H18N2S2/c9-2-1-3-10-6-8-7-11-4-5-12-8/h8,10H,1-7,9H2. The number of nitrogens with one attached hydrogen (secondary N) is 1. The summed E-state index contributed by atoms with van der Waals surface area (Å²) in [5, 5.41) is 4.28. The highest BCUT2D eigenvalue weighted by molar-refractivity contribution is 8.06. The molecular weight excluding hydrogens is 188 g/mol. The average molecular weight is 206 g/mol. The molecule has 4 heteroatoms. The molecule has 0 aliphatic carbocycles. The third-order valence-corrected chi connectivity index (χ3v) is 4.66. The Labute approximate surface area is 83.4 Å². The Balaban J connectivity index is 1.91. The first-order valence-corrected chi connectivity index (χ1v) is 6.74. The third kappa shape index (κ3) is 4.60. The van der Waals surface area contributed by atoms with Crippen molar-refractivity contribution in [2.45, 2.75) is 11.7 Å². The monoisotopic (exact) mass is 206 g/mol. The van der Waals surface area contributed by atoms with Crippen LogP contribution >= 0.6 is 23.5 Å². The van der Waals surface area contributed by atoms with Crippen molar-refractivity contribution in [2.75, 3.05) is 36.9 Å². The minimum absolute atomic E-state index is 0.805. The first-order chi connectivity index (χ1) is 5.93. The molecule has 1 heterocycles. The van der Waals surface area contributed by atoms with Crippen LogP contribution in [0.2, 0.25) is 0 Å². The second-order valence-corrected chi connectivity index (χ2v) is 5.47. The van der Waals surface area contributed by atoms with Gasteiger partial charge in [-0.25, -0.2) is 0 Å². The van der Waals surface area contributed by atoms with Gasteiger partial charge in [-0.05, 0) is 19.5 Å². The van der Waals surface area contributed by atoms with Crippen LogP contribution < -0.4 is 11.1 Å². The van der Waals surface area contributed by atoms with E-state index in [1.165, 1.54) is 17.3 Å². The molecule has 0 aromatic carbocycles. The topological polar surface area (TPSA) is 38.0 Å². The van der Waals surface area contributed by atoms with E-state index in [9.17, 15) is 0 Å². The molecule has 1 saturated heterocycles. The Hall–Kier alpha value is 0.620. The lowest BCUT2D eigenvalue weighted by Crippen LogP contribution is -2.30. The van der Waals surface area contributed by atoms with E-state index in [0.717, 1.165) is 31.3 Å². The van der Waals surface area contributed by atoms with Gasteiger partial charge in [0.15, 0.2) is 0 Å². The van der Waals surface area contributed by atoms with E-state index in [1.807, 2.05) is 0 Å². The van der Waals surface area contributed by atoms with E-state index < -0.39 is 0 Å². The van der Waals surface area contributed by atoms with Crippen LogP contribution in [0.4, 0.5) is 0 Å². The van der Waals surface area contributed by atoms with E-state index in [0.29, 0.717) is 0 Å². The van der Waals surface area contributed by atoms with Crippen LogP contribution in [0.1, 0.15) is 6.42 Å². The Morgan fingerprint density at radius 3 is 3.00 bits per heavy atom. The first kappa shape index (κ1) is 10.7. The van der Waals surface area contributed by atoms with Crippen LogP contribution in [0.5, 0.6) is 0 Å². The van der Waals surface area contributed by atoms with Crippen molar-refractivity contribution in [3.05, 3.63) is 0 Å². The summed E-state index contributed by atoms with van der Waals surface area (Å²) in [5.74, 6) is 3.98. The molecule has 0 radical (unpaired) electrons. The number of thioether (sulfide) groups is 2. The van der Waals surface area contributed by atoms with Gasteiger partial charge in [0.25, 0.3) is 0 Å². The molecule has 72 valence electrons. The maximum Gasteiger partial charge on any atom is 0.0263 e. The summed E-state index contributed by atoms with van der Waals surface area (Å²) < 4.78 is 0. The minimum atomic E-state index is 0.805. The molecule has 0 aromatic rings. The van der Waals surface area contributed by atoms with Crippen molar-refractivity contribution < 1.29 is 0 Å². The zero-order valence-corrected chi connectivity index (χ0v) is 9.05. The summed E-state index contributed by atoms with van der Waals surface area (Å²) in [6, 6.07) is 0. The van der Waals surface area contributed by atoms with E-state index in [1.54, 1.807) is 0 Å². The van der Waals surface area contributed by atoms with Gasteiger partial charge >= 0.3 is 0 Å². The molecule has 1 rings (SSSR count).